The smallest absolute Gasteiger partial charge is 0.0890 e. The van der Waals surface area contributed by atoms with Gasteiger partial charge in [-0.25, -0.2) is 0 Å². The lowest BCUT2D eigenvalue weighted by molar-refractivity contribution is 0.0404. The first-order valence-corrected chi connectivity index (χ1v) is 5.06. The molecule has 74 valence electrons. The summed E-state index contributed by atoms with van der Waals surface area (Å²) in [4.78, 5) is 0. The van der Waals surface area contributed by atoms with Crippen LogP contribution in [0.2, 0.25) is 0 Å². The predicted octanol–water partition coefficient (Wildman–Crippen LogP) is 2.92. The fourth-order valence-electron chi connectivity index (χ4n) is 1.58. The van der Waals surface area contributed by atoms with Crippen LogP contribution in [0, 0.1) is 11.8 Å². The first-order chi connectivity index (χ1) is 5.96. The average molecular weight is 180 g/mol. The zero-order valence-corrected chi connectivity index (χ0v) is 9.04. The normalized spacial score (nSPS) is 28.4. The minimum absolute atomic E-state index is 0.284. The van der Waals surface area contributed by atoms with E-state index in [4.69, 9.17) is 0 Å². The van der Waals surface area contributed by atoms with E-state index in [1.165, 1.54) is 5.57 Å². The van der Waals surface area contributed by atoms with Gasteiger partial charge in [-0.15, -0.1) is 0 Å². The number of rotatable bonds is 2. The van der Waals surface area contributed by atoms with Gasteiger partial charge in [0.1, 0.15) is 0 Å². The molecule has 0 heterocycles. The molecule has 1 nitrogen and oxygen atoms in total. The highest BCUT2D eigenvalue weighted by atomic mass is 16.3. The van der Waals surface area contributed by atoms with Crippen LogP contribution in [0.25, 0.3) is 0 Å². The first kappa shape index (κ1) is 10.5. The second kappa shape index (κ2) is 3.67. The molecule has 13 heavy (non-hydrogen) atoms. The fraction of sp³-hybridized carbons (Fsp3) is 0.667. The van der Waals surface area contributed by atoms with E-state index in [0.717, 1.165) is 6.42 Å². The van der Waals surface area contributed by atoms with Gasteiger partial charge in [-0.3, -0.25) is 0 Å². The summed E-state index contributed by atoms with van der Waals surface area (Å²) in [6, 6.07) is 0. The van der Waals surface area contributed by atoms with E-state index in [1.54, 1.807) is 0 Å². The summed E-state index contributed by atoms with van der Waals surface area (Å²) in [6.45, 7) is 8.47. The monoisotopic (exact) mass is 180 g/mol. The van der Waals surface area contributed by atoms with Gasteiger partial charge >= 0.3 is 0 Å². The third kappa shape index (κ3) is 2.22. The molecule has 1 N–H and O–H groups in total. The maximum atomic E-state index is 10.2. The molecule has 0 saturated heterocycles. The van der Waals surface area contributed by atoms with E-state index in [9.17, 15) is 5.11 Å². The molecule has 0 aromatic rings. The summed E-state index contributed by atoms with van der Waals surface area (Å²) in [5.41, 5.74) is 0.729. The third-order valence-electron chi connectivity index (χ3n) is 2.92. The molecule has 0 spiro atoms. The summed E-state index contributed by atoms with van der Waals surface area (Å²) in [5.74, 6) is 0.821. The van der Waals surface area contributed by atoms with E-state index in [-0.39, 0.29) is 5.92 Å². The molecule has 1 heteroatoms. The van der Waals surface area contributed by atoms with Crippen molar-refractivity contribution >= 4 is 0 Å². The van der Waals surface area contributed by atoms with Gasteiger partial charge in [0.15, 0.2) is 0 Å². The van der Waals surface area contributed by atoms with Crippen LogP contribution in [0.1, 0.15) is 34.1 Å². The Morgan fingerprint density at radius 1 is 1.31 bits per heavy atom. The Morgan fingerprint density at radius 2 is 1.92 bits per heavy atom. The summed E-state index contributed by atoms with van der Waals surface area (Å²) in [6.07, 6.45) is 6.82. The van der Waals surface area contributed by atoms with Crippen molar-refractivity contribution in [3.63, 3.8) is 0 Å². The lowest BCUT2D eigenvalue weighted by Gasteiger charge is -2.33. The Balaban J connectivity index is 2.80. The fourth-order valence-corrected chi connectivity index (χ4v) is 1.58. The van der Waals surface area contributed by atoms with Gasteiger partial charge in [-0.05, 0) is 11.8 Å². The molecular formula is C12H20O. The highest BCUT2D eigenvalue weighted by Gasteiger charge is 2.31. The zero-order valence-electron chi connectivity index (χ0n) is 9.04. The van der Waals surface area contributed by atoms with Crippen molar-refractivity contribution in [1.29, 1.82) is 0 Å². The lowest BCUT2D eigenvalue weighted by Crippen LogP contribution is -2.34. The van der Waals surface area contributed by atoms with Crippen LogP contribution < -0.4 is 0 Å². The highest BCUT2D eigenvalue weighted by molar-refractivity contribution is 5.26. The van der Waals surface area contributed by atoms with E-state index < -0.39 is 5.60 Å². The molecule has 1 rings (SSSR count). The first-order valence-electron chi connectivity index (χ1n) is 5.06. The van der Waals surface area contributed by atoms with Crippen LogP contribution in [0.4, 0.5) is 0 Å². The number of hydrogen-bond acceptors (Lipinski definition) is 1. The molecule has 0 radical (unpaired) electrons. The van der Waals surface area contributed by atoms with Crippen molar-refractivity contribution in [2.24, 2.45) is 11.8 Å². The molecule has 0 saturated carbocycles. The van der Waals surface area contributed by atoms with Crippen molar-refractivity contribution < 1.29 is 5.11 Å². The van der Waals surface area contributed by atoms with Crippen molar-refractivity contribution in [3.05, 3.63) is 23.8 Å². The molecule has 0 aromatic carbocycles. The van der Waals surface area contributed by atoms with Crippen molar-refractivity contribution in [1.82, 2.24) is 0 Å². The Hall–Kier alpha value is -0.560. The Labute approximate surface area is 81.2 Å². The molecule has 1 unspecified atom stereocenters. The Kier molecular flexibility index (Phi) is 2.97. The second-order valence-electron chi connectivity index (χ2n) is 4.58. The maximum absolute atomic E-state index is 10.2. The molecule has 0 aromatic heterocycles. The lowest BCUT2D eigenvalue weighted by atomic mass is 9.78. The van der Waals surface area contributed by atoms with E-state index >= 15 is 0 Å². The topological polar surface area (TPSA) is 20.2 Å². The third-order valence-corrected chi connectivity index (χ3v) is 2.92. The van der Waals surface area contributed by atoms with Crippen molar-refractivity contribution in [2.75, 3.05) is 0 Å². The van der Waals surface area contributed by atoms with Gasteiger partial charge in [0, 0.05) is 6.42 Å². The van der Waals surface area contributed by atoms with Crippen molar-refractivity contribution in [3.8, 4) is 0 Å². The van der Waals surface area contributed by atoms with Crippen LogP contribution in [-0.2, 0) is 0 Å². The summed E-state index contributed by atoms with van der Waals surface area (Å²) in [7, 11) is 0. The molecular weight excluding hydrogens is 160 g/mol. The summed E-state index contributed by atoms with van der Waals surface area (Å²) in [5, 5.41) is 10.2. The number of allylic oxidation sites excluding steroid dienone is 2. The minimum atomic E-state index is -0.617. The maximum Gasteiger partial charge on any atom is 0.0890 e. The Morgan fingerprint density at radius 3 is 2.38 bits per heavy atom. The summed E-state index contributed by atoms with van der Waals surface area (Å²) >= 11 is 0. The molecule has 0 aliphatic heterocycles. The van der Waals surface area contributed by atoms with Crippen LogP contribution in [0.15, 0.2) is 23.8 Å². The van der Waals surface area contributed by atoms with E-state index in [2.05, 4.69) is 33.8 Å². The predicted molar refractivity (Wildman–Crippen MR) is 56.5 cm³/mol. The summed E-state index contributed by atoms with van der Waals surface area (Å²) < 4.78 is 0. The van der Waals surface area contributed by atoms with Crippen molar-refractivity contribution in [2.45, 2.75) is 39.7 Å². The highest BCUT2D eigenvalue weighted by Crippen LogP contribution is 2.32. The molecule has 0 fully saturated rings. The second-order valence-corrected chi connectivity index (χ2v) is 4.58. The molecule has 1 aliphatic rings. The standard InChI is InChI=1S/C12H20O/c1-9(2)11-6-5-7-12(13,8-11)10(3)4/h5-7,9-10,13H,8H2,1-4H3. The van der Waals surface area contributed by atoms with Crippen LogP contribution in [0.5, 0.6) is 0 Å². The quantitative estimate of drug-likeness (QED) is 0.692. The van der Waals surface area contributed by atoms with Gasteiger partial charge in [0.05, 0.1) is 5.60 Å². The van der Waals surface area contributed by atoms with Crippen LogP contribution in [-0.4, -0.2) is 10.7 Å². The molecule has 1 aliphatic carbocycles. The zero-order chi connectivity index (χ0) is 10.1. The molecule has 1 atom stereocenters. The van der Waals surface area contributed by atoms with Gasteiger partial charge in [-0.2, -0.15) is 0 Å². The SMILES string of the molecule is CC(C)C1=CC=CC(O)(C(C)C)C1. The van der Waals surface area contributed by atoms with Crippen LogP contribution >= 0.6 is 0 Å². The molecule has 0 amide bonds. The molecule has 0 bridgehead atoms. The minimum Gasteiger partial charge on any atom is -0.385 e. The van der Waals surface area contributed by atoms with Gasteiger partial charge in [0.2, 0.25) is 0 Å². The average Bonchev–Trinajstić information content (AvgIpc) is 2.04. The van der Waals surface area contributed by atoms with Gasteiger partial charge < -0.3 is 5.11 Å². The Bertz CT molecular complexity index is 236. The van der Waals surface area contributed by atoms with Crippen LogP contribution in [0.3, 0.4) is 0 Å². The number of hydrogen-bond donors (Lipinski definition) is 1. The largest absolute Gasteiger partial charge is 0.385 e. The number of aliphatic hydroxyl groups is 1. The van der Waals surface area contributed by atoms with Gasteiger partial charge in [0.25, 0.3) is 0 Å². The van der Waals surface area contributed by atoms with E-state index in [1.807, 2.05) is 12.2 Å². The van der Waals surface area contributed by atoms with E-state index in [0.29, 0.717) is 5.92 Å². The van der Waals surface area contributed by atoms with Gasteiger partial charge in [-0.1, -0.05) is 51.5 Å².